The van der Waals surface area contributed by atoms with Gasteiger partial charge in [0.25, 0.3) is 5.91 Å². The molecule has 148 valence electrons. The van der Waals surface area contributed by atoms with Crippen LogP contribution in [0.2, 0.25) is 0 Å². The van der Waals surface area contributed by atoms with E-state index in [1.54, 1.807) is 29.6 Å². The lowest BCUT2D eigenvalue weighted by Crippen LogP contribution is -2.32. The van der Waals surface area contributed by atoms with Crippen LogP contribution < -0.4 is 4.74 Å². The maximum absolute atomic E-state index is 13.1. The lowest BCUT2D eigenvalue weighted by atomic mass is 9.95. The summed E-state index contributed by atoms with van der Waals surface area (Å²) in [5, 5.41) is 22.5. The van der Waals surface area contributed by atoms with Gasteiger partial charge >= 0.3 is 0 Å². The molecule has 0 aliphatic carbocycles. The van der Waals surface area contributed by atoms with Crippen molar-refractivity contribution in [1.29, 1.82) is 0 Å². The number of aromatic hydroxyl groups is 1. The Bertz CT molecular complexity index is 904. The predicted octanol–water partition coefficient (Wildman–Crippen LogP) is 4.23. The molecule has 2 heterocycles. The van der Waals surface area contributed by atoms with Gasteiger partial charge in [0.05, 0.1) is 23.6 Å². The third-order valence-corrected chi connectivity index (χ3v) is 5.68. The van der Waals surface area contributed by atoms with Crippen molar-refractivity contribution in [2.75, 3.05) is 13.7 Å². The summed E-state index contributed by atoms with van der Waals surface area (Å²) < 4.78 is 5.09. The number of Topliss-reactive ketones (excluding diaryl/α,β-unsaturated/α-hetero) is 1. The Hall–Kier alpha value is -2.80. The number of unbranched alkanes of at least 4 members (excludes halogenated alkanes) is 2. The van der Waals surface area contributed by atoms with E-state index in [9.17, 15) is 19.8 Å². The van der Waals surface area contributed by atoms with Crippen molar-refractivity contribution in [3.05, 3.63) is 57.5 Å². The molecule has 0 saturated carbocycles. The lowest BCUT2D eigenvalue weighted by molar-refractivity contribution is -0.129. The Morgan fingerprint density at radius 3 is 2.64 bits per heavy atom. The molecule has 2 aromatic rings. The number of rotatable bonds is 8. The van der Waals surface area contributed by atoms with Gasteiger partial charge in [0.2, 0.25) is 5.78 Å². The summed E-state index contributed by atoms with van der Waals surface area (Å²) in [6.07, 6.45) is 2.67. The second kappa shape index (κ2) is 8.48. The van der Waals surface area contributed by atoms with E-state index in [1.807, 2.05) is 0 Å². The summed E-state index contributed by atoms with van der Waals surface area (Å²) in [5.74, 6) is -1.24. The molecule has 1 atom stereocenters. The number of nitrogens with zero attached hydrogens (tertiary/aromatic N) is 1. The van der Waals surface area contributed by atoms with Crippen LogP contribution in [0.25, 0.3) is 0 Å². The van der Waals surface area contributed by atoms with Gasteiger partial charge in [-0.15, -0.1) is 11.3 Å². The van der Waals surface area contributed by atoms with Crippen LogP contribution in [0.3, 0.4) is 0 Å². The average Bonchev–Trinajstić information content (AvgIpc) is 3.30. The highest BCUT2D eigenvalue weighted by Gasteiger charge is 2.43. The van der Waals surface area contributed by atoms with E-state index in [1.165, 1.54) is 29.4 Å². The number of hydrogen-bond acceptors (Lipinski definition) is 6. The van der Waals surface area contributed by atoms with Crippen LogP contribution in [0.5, 0.6) is 11.5 Å². The Morgan fingerprint density at radius 1 is 1.25 bits per heavy atom. The van der Waals surface area contributed by atoms with Crippen LogP contribution in [0.4, 0.5) is 0 Å². The van der Waals surface area contributed by atoms with Gasteiger partial charge in [-0.3, -0.25) is 9.59 Å². The van der Waals surface area contributed by atoms with Crippen molar-refractivity contribution in [2.45, 2.75) is 32.2 Å². The molecule has 0 fully saturated rings. The first kappa shape index (κ1) is 19.9. The summed E-state index contributed by atoms with van der Waals surface area (Å²) in [4.78, 5) is 27.8. The molecule has 1 aliphatic rings. The number of hydrogen-bond donors (Lipinski definition) is 2. The zero-order valence-electron chi connectivity index (χ0n) is 15.8. The topological polar surface area (TPSA) is 87.1 Å². The Morgan fingerprint density at radius 2 is 2.04 bits per heavy atom. The minimum Gasteiger partial charge on any atom is -0.504 e. The fraction of sp³-hybridized carbons (Fsp3) is 0.333. The molecule has 28 heavy (non-hydrogen) atoms. The maximum atomic E-state index is 13.1. The van der Waals surface area contributed by atoms with E-state index < -0.39 is 17.7 Å². The van der Waals surface area contributed by atoms with Gasteiger partial charge in [0.15, 0.2) is 17.3 Å². The third kappa shape index (κ3) is 3.62. The van der Waals surface area contributed by atoms with Crippen LogP contribution in [0, 0.1) is 0 Å². The molecule has 0 saturated heterocycles. The normalized spacial score (nSPS) is 16.7. The fourth-order valence-electron chi connectivity index (χ4n) is 3.41. The average molecular weight is 401 g/mol. The van der Waals surface area contributed by atoms with E-state index in [4.69, 9.17) is 4.74 Å². The fourth-order valence-corrected chi connectivity index (χ4v) is 4.09. The third-order valence-electron chi connectivity index (χ3n) is 4.81. The monoisotopic (exact) mass is 401 g/mol. The molecule has 1 amide bonds. The maximum Gasteiger partial charge on any atom is 0.290 e. The molecular formula is C21H23NO5S. The summed E-state index contributed by atoms with van der Waals surface area (Å²) in [5.41, 5.74) is 0.598. The number of ketones is 1. The van der Waals surface area contributed by atoms with E-state index in [-0.39, 0.29) is 17.1 Å². The molecule has 3 rings (SSSR count). The highest BCUT2D eigenvalue weighted by atomic mass is 32.1. The number of phenolic OH excluding ortho intramolecular Hbond substituents is 1. The van der Waals surface area contributed by atoms with E-state index in [0.29, 0.717) is 22.7 Å². The first-order chi connectivity index (χ1) is 13.5. The molecule has 0 bridgehead atoms. The van der Waals surface area contributed by atoms with Gasteiger partial charge in [0, 0.05) is 6.54 Å². The molecule has 1 aliphatic heterocycles. The number of amides is 1. The summed E-state index contributed by atoms with van der Waals surface area (Å²) in [7, 11) is 1.45. The second-order valence-corrected chi connectivity index (χ2v) is 7.56. The molecule has 0 radical (unpaired) electrons. The van der Waals surface area contributed by atoms with Crippen molar-refractivity contribution in [1.82, 2.24) is 4.90 Å². The zero-order chi connectivity index (χ0) is 20.3. The van der Waals surface area contributed by atoms with Crippen molar-refractivity contribution < 1.29 is 24.5 Å². The van der Waals surface area contributed by atoms with Crippen molar-refractivity contribution in [2.24, 2.45) is 0 Å². The summed E-state index contributed by atoms with van der Waals surface area (Å²) in [6.45, 7) is 2.47. The number of aliphatic hydroxyl groups is 1. The molecular weight excluding hydrogens is 378 g/mol. The van der Waals surface area contributed by atoms with E-state index >= 15 is 0 Å². The number of aliphatic hydroxyl groups excluding tert-OH is 1. The largest absolute Gasteiger partial charge is 0.504 e. The number of carbonyl (C=O) groups excluding carboxylic acids is 2. The standard InChI is InChI=1S/C21H23NO5S/c1-3-4-5-10-22-18(13-8-9-15(27-2)14(23)12-13)17(20(25)21(22)26)19(24)16-7-6-11-28-16/h6-9,11-12,18,23,25H,3-5,10H2,1-2H3. The van der Waals surface area contributed by atoms with Crippen LogP contribution in [-0.4, -0.2) is 40.5 Å². The Labute approximate surface area is 167 Å². The molecule has 6 nitrogen and oxygen atoms in total. The van der Waals surface area contributed by atoms with Crippen molar-refractivity contribution >= 4 is 23.0 Å². The lowest BCUT2D eigenvalue weighted by Gasteiger charge is -2.27. The van der Waals surface area contributed by atoms with E-state index in [2.05, 4.69) is 6.92 Å². The number of benzene rings is 1. The quantitative estimate of drug-likeness (QED) is 0.511. The first-order valence-electron chi connectivity index (χ1n) is 9.18. The zero-order valence-corrected chi connectivity index (χ0v) is 16.7. The van der Waals surface area contributed by atoms with Gasteiger partial charge in [-0.05, 0) is 35.6 Å². The second-order valence-electron chi connectivity index (χ2n) is 6.61. The molecule has 2 N–H and O–H groups in total. The van der Waals surface area contributed by atoms with Gasteiger partial charge in [-0.1, -0.05) is 31.9 Å². The summed E-state index contributed by atoms with van der Waals surface area (Å²) in [6, 6.07) is 7.42. The Balaban J connectivity index is 2.05. The van der Waals surface area contributed by atoms with Crippen LogP contribution in [0.1, 0.15) is 47.5 Å². The number of methoxy groups -OCH3 is 1. The van der Waals surface area contributed by atoms with Gasteiger partial charge in [0.1, 0.15) is 0 Å². The minimum absolute atomic E-state index is 0.0496. The Kier molecular flexibility index (Phi) is 6.04. The predicted molar refractivity (Wildman–Crippen MR) is 107 cm³/mol. The minimum atomic E-state index is -0.754. The van der Waals surface area contributed by atoms with Crippen molar-refractivity contribution in [3.63, 3.8) is 0 Å². The van der Waals surface area contributed by atoms with Crippen LogP contribution >= 0.6 is 11.3 Å². The number of thiophene rings is 1. The number of ether oxygens (including phenoxy) is 1. The van der Waals surface area contributed by atoms with Crippen molar-refractivity contribution in [3.8, 4) is 11.5 Å². The summed E-state index contributed by atoms with van der Waals surface area (Å²) >= 11 is 1.26. The number of carbonyl (C=O) groups is 2. The highest BCUT2D eigenvalue weighted by Crippen LogP contribution is 2.41. The highest BCUT2D eigenvalue weighted by molar-refractivity contribution is 7.12. The molecule has 1 unspecified atom stereocenters. The molecule has 1 aromatic carbocycles. The van der Waals surface area contributed by atoms with Gasteiger partial charge in [-0.25, -0.2) is 0 Å². The molecule has 7 heteroatoms. The first-order valence-corrected chi connectivity index (χ1v) is 10.1. The van der Waals surface area contributed by atoms with Crippen LogP contribution in [-0.2, 0) is 4.79 Å². The molecule has 1 aromatic heterocycles. The van der Waals surface area contributed by atoms with Crippen LogP contribution in [0.15, 0.2) is 47.0 Å². The smallest absolute Gasteiger partial charge is 0.290 e. The van der Waals surface area contributed by atoms with Gasteiger partial charge in [-0.2, -0.15) is 0 Å². The SMILES string of the molecule is CCCCCN1C(=O)C(O)=C(C(=O)c2cccs2)C1c1ccc(OC)c(O)c1. The molecule has 0 spiro atoms. The number of phenols is 1. The van der Waals surface area contributed by atoms with Gasteiger partial charge < -0.3 is 19.8 Å². The van der Waals surface area contributed by atoms with E-state index in [0.717, 1.165) is 19.3 Å².